The molecule has 0 aliphatic carbocycles. The third-order valence-corrected chi connectivity index (χ3v) is 2.11. The van der Waals surface area contributed by atoms with E-state index in [4.69, 9.17) is 4.74 Å². The third kappa shape index (κ3) is 11.7. The summed E-state index contributed by atoms with van der Waals surface area (Å²) in [5, 5.41) is 3.31. The highest BCUT2D eigenvalue weighted by atomic mass is 16.5. The summed E-state index contributed by atoms with van der Waals surface area (Å²) in [6.07, 6.45) is 11.0. The summed E-state index contributed by atoms with van der Waals surface area (Å²) in [6.45, 7) is 5.07. The first kappa shape index (κ1) is 13.7. The van der Waals surface area contributed by atoms with Gasteiger partial charge in [-0.05, 0) is 25.8 Å². The quantitative estimate of drug-likeness (QED) is 0.431. The summed E-state index contributed by atoms with van der Waals surface area (Å²) >= 11 is 0. The highest BCUT2D eigenvalue weighted by Gasteiger charge is 1.84. The molecule has 0 aliphatic rings. The molecule has 0 aromatic carbocycles. The monoisotopic (exact) mass is 199 g/mol. The van der Waals surface area contributed by atoms with Crippen LogP contribution in [-0.2, 0) is 4.74 Å². The van der Waals surface area contributed by atoms with Gasteiger partial charge < -0.3 is 10.1 Å². The van der Waals surface area contributed by atoms with Gasteiger partial charge in [0.05, 0.1) is 6.61 Å². The Morgan fingerprint density at radius 2 is 1.86 bits per heavy atom. The van der Waals surface area contributed by atoms with Crippen molar-refractivity contribution in [1.29, 1.82) is 0 Å². The molecule has 84 valence electrons. The first-order chi connectivity index (χ1) is 6.91. The molecule has 0 heterocycles. The number of unbranched alkanes of at least 4 members (excludes halogenated alkanes) is 3. The molecule has 14 heavy (non-hydrogen) atoms. The van der Waals surface area contributed by atoms with E-state index in [1.807, 2.05) is 0 Å². The summed E-state index contributed by atoms with van der Waals surface area (Å²) in [4.78, 5) is 0. The maximum atomic E-state index is 4.93. The molecule has 2 heteroatoms. The van der Waals surface area contributed by atoms with Gasteiger partial charge in [0.25, 0.3) is 0 Å². The summed E-state index contributed by atoms with van der Waals surface area (Å²) in [7, 11) is 1.73. The van der Waals surface area contributed by atoms with Gasteiger partial charge in [-0.3, -0.25) is 0 Å². The lowest BCUT2D eigenvalue weighted by Crippen LogP contribution is -2.19. The van der Waals surface area contributed by atoms with E-state index in [-0.39, 0.29) is 0 Å². The molecule has 1 N–H and O–H groups in total. The Morgan fingerprint density at radius 1 is 1.07 bits per heavy atom. The van der Waals surface area contributed by atoms with E-state index in [0.717, 1.165) is 26.1 Å². The van der Waals surface area contributed by atoms with Crippen LogP contribution >= 0.6 is 0 Å². The highest BCUT2D eigenvalue weighted by molar-refractivity contribution is 4.81. The van der Waals surface area contributed by atoms with E-state index >= 15 is 0 Å². The molecule has 0 atom stereocenters. The second-order valence-corrected chi connectivity index (χ2v) is 3.50. The fourth-order valence-corrected chi connectivity index (χ4v) is 1.23. The smallest absolute Gasteiger partial charge is 0.0587 e. The van der Waals surface area contributed by atoms with E-state index in [2.05, 4.69) is 24.4 Å². The van der Waals surface area contributed by atoms with Crippen LogP contribution < -0.4 is 5.32 Å². The molecule has 0 aliphatic heterocycles. The van der Waals surface area contributed by atoms with Crippen molar-refractivity contribution < 1.29 is 4.74 Å². The number of allylic oxidation sites excluding steroid dienone is 1. The minimum absolute atomic E-state index is 0.806. The molecule has 0 bridgehead atoms. The van der Waals surface area contributed by atoms with Crippen LogP contribution in [0.4, 0.5) is 0 Å². The Hall–Kier alpha value is -0.340. The van der Waals surface area contributed by atoms with Crippen molar-refractivity contribution in [3.63, 3.8) is 0 Å². The molecule has 0 saturated carbocycles. The van der Waals surface area contributed by atoms with Crippen molar-refractivity contribution in [3.05, 3.63) is 12.2 Å². The summed E-state index contributed by atoms with van der Waals surface area (Å²) in [6, 6.07) is 0. The normalized spacial score (nSPS) is 11.3. The molecule has 0 rings (SSSR count). The van der Waals surface area contributed by atoms with Gasteiger partial charge in [-0.25, -0.2) is 0 Å². The molecule has 0 saturated heterocycles. The van der Waals surface area contributed by atoms with Crippen LogP contribution in [-0.4, -0.2) is 26.8 Å². The minimum Gasteiger partial charge on any atom is -0.383 e. The predicted octanol–water partition coefficient (Wildman–Crippen LogP) is 2.75. The highest BCUT2D eigenvalue weighted by Crippen LogP contribution is 1.99. The van der Waals surface area contributed by atoms with Crippen molar-refractivity contribution in [2.45, 2.75) is 39.0 Å². The van der Waals surface area contributed by atoms with Crippen LogP contribution in [0.5, 0.6) is 0 Å². The zero-order chi connectivity index (χ0) is 10.5. The van der Waals surface area contributed by atoms with Gasteiger partial charge in [0.1, 0.15) is 0 Å². The summed E-state index contributed by atoms with van der Waals surface area (Å²) in [5.41, 5.74) is 0. The first-order valence-corrected chi connectivity index (χ1v) is 5.76. The van der Waals surface area contributed by atoms with E-state index < -0.39 is 0 Å². The Kier molecular flexibility index (Phi) is 12.4. The maximum Gasteiger partial charge on any atom is 0.0587 e. The fraction of sp³-hybridized carbons (Fsp3) is 0.833. The van der Waals surface area contributed by atoms with Crippen LogP contribution in [0.2, 0.25) is 0 Å². The molecule has 0 unspecified atom stereocenters. The average molecular weight is 199 g/mol. The number of ether oxygens (including phenoxy) is 1. The number of rotatable bonds is 10. The number of hydrogen-bond donors (Lipinski definition) is 1. The van der Waals surface area contributed by atoms with Gasteiger partial charge in [-0.1, -0.05) is 31.9 Å². The minimum atomic E-state index is 0.806. The lowest BCUT2D eigenvalue weighted by atomic mass is 10.2. The van der Waals surface area contributed by atoms with Gasteiger partial charge in [0.15, 0.2) is 0 Å². The Morgan fingerprint density at radius 3 is 2.57 bits per heavy atom. The second-order valence-electron chi connectivity index (χ2n) is 3.50. The van der Waals surface area contributed by atoms with Crippen molar-refractivity contribution in [2.24, 2.45) is 0 Å². The van der Waals surface area contributed by atoms with Crippen LogP contribution in [0.1, 0.15) is 39.0 Å². The first-order valence-electron chi connectivity index (χ1n) is 5.76. The van der Waals surface area contributed by atoms with Gasteiger partial charge >= 0.3 is 0 Å². The summed E-state index contributed by atoms with van der Waals surface area (Å²) in [5.74, 6) is 0. The van der Waals surface area contributed by atoms with Gasteiger partial charge in [0, 0.05) is 13.7 Å². The molecular formula is C12H25NO. The van der Waals surface area contributed by atoms with E-state index in [0.29, 0.717) is 0 Å². The standard InChI is InChI=1S/C12H25NO/c1-3-4-5-6-7-8-9-10-13-11-12-14-2/h7-8,13H,3-6,9-12H2,1-2H3. The Balaban J connectivity index is 2.96. The Labute approximate surface area is 88.7 Å². The van der Waals surface area contributed by atoms with E-state index in [1.54, 1.807) is 7.11 Å². The zero-order valence-corrected chi connectivity index (χ0v) is 9.72. The van der Waals surface area contributed by atoms with Crippen molar-refractivity contribution in [2.75, 3.05) is 26.8 Å². The molecule has 0 spiro atoms. The molecule has 0 aromatic rings. The van der Waals surface area contributed by atoms with E-state index in [1.165, 1.54) is 25.7 Å². The van der Waals surface area contributed by atoms with Crippen LogP contribution in [0.25, 0.3) is 0 Å². The van der Waals surface area contributed by atoms with Gasteiger partial charge in [-0.15, -0.1) is 0 Å². The van der Waals surface area contributed by atoms with Crippen LogP contribution in [0.3, 0.4) is 0 Å². The van der Waals surface area contributed by atoms with E-state index in [9.17, 15) is 0 Å². The van der Waals surface area contributed by atoms with Crippen molar-refractivity contribution in [3.8, 4) is 0 Å². The van der Waals surface area contributed by atoms with Gasteiger partial charge in [0.2, 0.25) is 0 Å². The molecular weight excluding hydrogens is 174 g/mol. The van der Waals surface area contributed by atoms with Crippen molar-refractivity contribution >= 4 is 0 Å². The topological polar surface area (TPSA) is 21.3 Å². The largest absolute Gasteiger partial charge is 0.383 e. The fourth-order valence-electron chi connectivity index (χ4n) is 1.23. The van der Waals surface area contributed by atoms with Gasteiger partial charge in [-0.2, -0.15) is 0 Å². The molecule has 0 aromatic heterocycles. The average Bonchev–Trinajstić information content (AvgIpc) is 2.21. The SMILES string of the molecule is CCCCCC=CCCNCCOC. The summed E-state index contributed by atoms with van der Waals surface area (Å²) < 4.78 is 4.93. The van der Waals surface area contributed by atoms with Crippen molar-refractivity contribution in [1.82, 2.24) is 5.32 Å². The lowest BCUT2D eigenvalue weighted by Gasteiger charge is -2.00. The number of nitrogens with one attached hydrogen (secondary N) is 1. The molecule has 0 amide bonds. The predicted molar refractivity (Wildman–Crippen MR) is 62.6 cm³/mol. The lowest BCUT2D eigenvalue weighted by molar-refractivity contribution is 0.199. The molecule has 0 radical (unpaired) electrons. The third-order valence-electron chi connectivity index (χ3n) is 2.11. The van der Waals surface area contributed by atoms with Crippen LogP contribution in [0, 0.1) is 0 Å². The zero-order valence-electron chi connectivity index (χ0n) is 9.72. The van der Waals surface area contributed by atoms with Crippen LogP contribution in [0.15, 0.2) is 12.2 Å². The number of methoxy groups -OCH3 is 1. The molecule has 0 fully saturated rings. The Bertz CT molecular complexity index is 123. The molecule has 2 nitrogen and oxygen atoms in total. The number of hydrogen-bond acceptors (Lipinski definition) is 2. The second kappa shape index (κ2) is 12.7. The maximum absolute atomic E-state index is 4.93.